The zero-order valence-corrected chi connectivity index (χ0v) is 13.2. The van der Waals surface area contributed by atoms with Gasteiger partial charge >= 0.3 is 5.97 Å². The van der Waals surface area contributed by atoms with Crippen molar-refractivity contribution in [2.24, 2.45) is 7.05 Å². The van der Waals surface area contributed by atoms with E-state index in [1.807, 2.05) is 0 Å². The van der Waals surface area contributed by atoms with E-state index in [4.69, 9.17) is 16.3 Å². The number of hydrogen-bond acceptors (Lipinski definition) is 4. The fourth-order valence-corrected chi connectivity index (χ4v) is 3.19. The second kappa shape index (κ2) is 5.66. The Morgan fingerprint density at radius 2 is 2.33 bits per heavy atom. The standard InChI is InChI=1S/C14H15ClN2O3.ClH/c1-17-6-8(14(19)20-2)12-11-7(4-15)5-16-9(11)3-10(18)13(12)17;/h3,6-7,16,18H,4-5H2,1-2H3;1H. The summed E-state index contributed by atoms with van der Waals surface area (Å²) >= 11 is 6.02. The number of anilines is 1. The van der Waals surface area contributed by atoms with E-state index < -0.39 is 5.97 Å². The van der Waals surface area contributed by atoms with Gasteiger partial charge in [0.15, 0.2) is 0 Å². The van der Waals surface area contributed by atoms with Crippen LogP contribution in [0.2, 0.25) is 0 Å². The number of aromatic nitrogens is 1. The molecule has 1 aromatic carbocycles. The smallest absolute Gasteiger partial charge is 0.340 e. The van der Waals surface area contributed by atoms with Gasteiger partial charge in [-0.3, -0.25) is 0 Å². The number of ether oxygens (including phenoxy) is 1. The molecule has 0 saturated carbocycles. The summed E-state index contributed by atoms with van der Waals surface area (Å²) in [5.41, 5.74) is 2.89. The van der Waals surface area contributed by atoms with Crippen molar-refractivity contribution in [3.63, 3.8) is 0 Å². The first kappa shape index (κ1) is 15.8. The van der Waals surface area contributed by atoms with Crippen LogP contribution >= 0.6 is 24.0 Å². The number of alkyl halides is 1. The molecule has 1 aliphatic rings. The van der Waals surface area contributed by atoms with Crippen LogP contribution in [0.1, 0.15) is 21.8 Å². The highest BCUT2D eigenvalue weighted by Crippen LogP contribution is 2.44. The molecule has 114 valence electrons. The zero-order valence-electron chi connectivity index (χ0n) is 11.6. The number of fused-ring (bicyclic) bond motifs is 3. The molecule has 2 N–H and O–H groups in total. The van der Waals surface area contributed by atoms with Crippen molar-refractivity contribution >= 4 is 46.6 Å². The van der Waals surface area contributed by atoms with Crippen molar-refractivity contribution in [1.29, 1.82) is 0 Å². The predicted octanol–water partition coefficient (Wildman–Crippen LogP) is 2.84. The van der Waals surface area contributed by atoms with Crippen LogP contribution in [0, 0.1) is 0 Å². The van der Waals surface area contributed by atoms with Gasteiger partial charge in [-0.1, -0.05) is 0 Å². The second-order valence-electron chi connectivity index (χ2n) is 4.96. The van der Waals surface area contributed by atoms with E-state index in [0.29, 0.717) is 23.5 Å². The molecule has 0 amide bonds. The third-order valence-electron chi connectivity index (χ3n) is 3.80. The number of carbonyl (C=O) groups excluding carboxylic acids is 1. The molecule has 0 bridgehead atoms. The number of hydrogen-bond donors (Lipinski definition) is 2. The Bertz CT molecular complexity index is 712. The molecule has 21 heavy (non-hydrogen) atoms. The van der Waals surface area contributed by atoms with Crippen LogP contribution in [-0.2, 0) is 11.8 Å². The minimum Gasteiger partial charge on any atom is -0.506 e. The van der Waals surface area contributed by atoms with Crippen LogP contribution in [0.25, 0.3) is 10.9 Å². The fraction of sp³-hybridized carbons (Fsp3) is 0.357. The van der Waals surface area contributed by atoms with E-state index in [1.165, 1.54) is 7.11 Å². The Hall–Kier alpha value is -1.59. The summed E-state index contributed by atoms with van der Waals surface area (Å²) in [5.74, 6) is 0.290. The van der Waals surface area contributed by atoms with Gasteiger partial charge in [0.25, 0.3) is 0 Å². The fourth-order valence-electron chi connectivity index (χ4n) is 2.93. The van der Waals surface area contributed by atoms with Crippen LogP contribution < -0.4 is 5.32 Å². The number of phenolic OH excluding ortho intramolecular Hbond substituents is 1. The molecule has 1 aliphatic heterocycles. The highest BCUT2D eigenvalue weighted by molar-refractivity contribution is 6.19. The van der Waals surface area contributed by atoms with Gasteiger partial charge in [0.2, 0.25) is 0 Å². The lowest BCUT2D eigenvalue weighted by atomic mass is 9.96. The van der Waals surface area contributed by atoms with E-state index in [0.717, 1.165) is 16.6 Å². The molecule has 7 heteroatoms. The van der Waals surface area contributed by atoms with E-state index in [9.17, 15) is 9.90 Å². The van der Waals surface area contributed by atoms with Gasteiger partial charge in [-0.05, 0) is 5.56 Å². The molecule has 2 heterocycles. The van der Waals surface area contributed by atoms with Gasteiger partial charge in [0.1, 0.15) is 5.75 Å². The van der Waals surface area contributed by atoms with Gasteiger partial charge in [-0.2, -0.15) is 0 Å². The maximum atomic E-state index is 12.0. The molecule has 0 saturated heterocycles. The molecular weight excluding hydrogens is 315 g/mol. The zero-order chi connectivity index (χ0) is 14.4. The number of nitrogens with one attached hydrogen (secondary N) is 1. The number of halogens is 2. The molecule has 1 atom stereocenters. The van der Waals surface area contributed by atoms with Crippen molar-refractivity contribution in [3.05, 3.63) is 23.4 Å². The summed E-state index contributed by atoms with van der Waals surface area (Å²) in [4.78, 5) is 12.0. The van der Waals surface area contributed by atoms with E-state index in [-0.39, 0.29) is 24.1 Å². The molecule has 0 spiro atoms. The Morgan fingerprint density at radius 1 is 1.62 bits per heavy atom. The van der Waals surface area contributed by atoms with Crippen molar-refractivity contribution in [2.45, 2.75) is 5.92 Å². The van der Waals surface area contributed by atoms with Gasteiger partial charge < -0.3 is 19.7 Å². The molecule has 5 nitrogen and oxygen atoms in total. The number of nitrogens with zero attached hydrogens (tertiary/aromatic N) is 1. The summed E-state index contributed by atoms with van der Waals surface area (Å²) in [6.45, 7) is 0.701. The van der Waals surface area contributed by atoms with E-state index >= 15 is 0 Å². The molecule has 0 aliphatic carbocycles. The van der Waals surface area contributed by atoms with Crippen LogP contribution in [0.5, 0.6) is 5.75 Å². The van der Waals surface area contributed by atoms with Crippen LogP contribution in [0.3, 0.4) is 0 Å². The first-order valence-electron chi connectivity index (χ1n) is 6.31. The monoisotopic (exact) mass is 330 g/mol. The molecule has 1 aromatic heterocycles. The second-order valence-corrected chi connectivity index (χ2v) is 5.27. The predicted molar refractivity (Wildman–Crippen MR) is 85.1 cm³/mol. The van der Waals surface area contributed by atoms with Crippen LogP contribution in [-0.4, -0.2) is 35.2 Å². The number of benzene rings is 1. The lowest BCUT2D eigenvalue weighted by molar-refractivity contribution is 0.0602. The van der Waals surface area contributed by atoms with Crippen LogP contribution in [0.4, 0.5) is 5.69 Å². The normalized spacial score (nSPS) is 16.2. The lowest BCUT2D eigenvalue weighted by Crippen LogP contribution is -2.05. The van der Waals surface area contributed by atoms with Gasteiger partial charge in [-0.25, -0.2) is 4.79 Å². The van der Waals surface area contributed by atoms with E-state index in [1.54, 1.807) is 23.9 Å². The summed E-state index contributed by atoms with van der Waals surface area (Å²) in [5, 5.41) is 14.1. The molecule has 0 radical (unpaired) electrons. The topological polar surface area (TPSA) is 63.5 Å². The quantitative estimate of drug-likeness (QED) is 0.656. The minimum absolute atomic E-state index is 0. The van der Waals surface area contributed by atoms with Crippen molar-refractivity contribution in [3.8, 4) is 5.75 Å². The average Bonchev–Trinajstić information content (AvgIpc) is 2.99. The summed E-state index contributed by atoms with van der Waals surface area (Å²) in [6.07, 6.45) is 1.68. The first-order chi connectivity index (χ1) is 9.58. The average molecular weight is 331 g/mol. The van der Waals surface area contributed by atoms with Gasteiger partial charge in [0.05, 0.1) is 18.2 Å². The van der Waals surface area contributed by atoms with Gasteiger partial charge in [0, 0.05) is 48.7 Å². The highest BCUT2D eigenvalue weighted by Gasteiger charge is 2.30. The van der Waals surface area contributed by atoms with Crippen molar-refractivity contribution in [2.75, 3.05) is 24.9 Å². The largest absolute Gasteiger partial charge is 0.506 e. The Kier molecular flexibility index (Phi) is 4.25. The first-order valence-corrected chi connectivity index (χ1v) is 6.85. The lowest BCUT2D eigenvalue weighted by Gasteiger charge is -2.10. The molecular formula is C14H16Cl2N2O3. The maximum Gasteiger partial charge on any atom is 0.340 e. The van der Waals surface area contributed by atoms with E-state index in [2.05, 4.69) is 5.32 Å². The number of phenols is 1. The van der Waals surface area contributed by atoms with Crippen molar-refractivity contribution < 1.29 is 14.6 Å². The minimum atomic E-state index is -0.413. The number of carbonyl (C=O) groups is 1. The van der Waals surface area contributed by atoms with Gasteiger partial charge in [-0.15, -0.1) is 24.0 Å². The molecule has 3 rings (SSSR count). The summed E-state index contributed by atoms with van der Waals surface area (Å²) < 4.78 is 6.58. The highest BCUT2D eigenvalue weighted by atomic mass is 35.5. The number of methoxy groups -OCH3 is 1. The molecule has 1 unspecified atom stereocenters. The summed E-state index contributed by atoms with van der Waals surface area (Å²) in [7, 11) is 3.14. The third-order valence-corrected chi connectivity index (χ3v) is 4.18. The third kappa shape index (κ3) is 2.21. The molecule has 2 aromatic rings. The van der Waals surface area contributed by atoms with Crippen LogP contribution in [0.15, 0.2) is 12.3 Å². The Labute approximate surface area is 133 Å². The Morgan fingerprint density at radius 3 is 2.95 bits per heavy atom. The van der Waals surface area contributed by atoms with Crippen molar-refractivity contribution in [1.82, 2.24) is 4.57 Å². The number of rotatable bonds is 2. The summed E-state index contributed by atoms with van der Waals surface area (Å²) in [6, 6.07) is 1.69. The maximum absolute atomic E-state index is 12.0. The SMILES string of the molecule is COC(=O)c1cn(C)c2c(O)cc3c(c12)C(CCl)CN3.Cl. The Balaban J connectivity index is 0.00000161. The number of aromatic hydroxyl groups is 1. The molecule has 0 fully saturated rings. The number of aryl methyl sites for hydroxylation is 1. The number of esters is 1.